The number of carbonyl (C=O) groups is 1. The van der Waals surface area contributed by atoms with Gasteiger partial charge in [-0.1, -0.05) is 85.8 Å². The first-order valence-electron chi connectivity index (χ1n) is 10.5. The number of hydrogen-bond acceptors (Lipinski definition) is 3. The molecule has 4 heteroatoms. The second-order valence-corrected chi connectivity index (χ2v) is 8.18. The van der Waals surface area contributed by atoms with E-state index in [1.165, 1.54) is 16.7 Å². The molecule has 0 unspecified atom stereocenters. The van der Waals surface area contributed by atoms with E-state index in [4.69, 9.17) is 5.11 Å². The lowest BCUT2D eigenvalue weighted by Gasteiger charge is -2.17. The molecule has 0 fully saturated rings. The standard InChI is InChI=1S/C28H23NO2S/c1-2-25(21-6-4-3-5-7-21)27(22-11-8-20(9-12-22)10-17-26(30)31)23-13-15-24(16-14-23)28-29-18-19-32-28/h3-19H,2H2,1H3,(H,30,31)/b17-10+,27-25+. The first-order chi connectivity index (χ1) is 15.7. The van der Waals surface area contributed by atoms with E-state index < -0.39 is 5.97 Å². The molecule has 1 N–H and O–H groups in total. The highest BCUT2D eigenvalue weighted by atomic mass is 32.1. The summed E-state index contributed by atoms with van der Waals surface area (Å²) < 4.78 is 0. The van der Waals surface area contributed by atoms with Gasteiger partial charge >= 0.3 is 5.97 Å². The summed E-state index contributed by atoms with van der Waals surface area (Å²) in [7, 11) is 0. The van der Waals surface area contributed by atoms with Gasteiger partial charge in [-0.25, -0.2) is 9.78 Å². The second-order valence-electron chi connectivity index (χ2n) is 7.28. The van der Waals surface area contributed by atoms with Crippen molar-refractivity contribution in [3.63, 3.8) is 0 Å². The molecule has 4 rings (SSSR count). The van der Waals surface area contributed by atoms with Crippen LogP contribution in [0.4, 0.5) is 0 Å². The summed E-state index contributed by atoms with van der Waals surface area (Å²) in [5.74, 6) is -0.952. The molecule has 0 bridgehead atoms. The van der Waals surface area contributed by atoms with Crippen LogP contribution in [0.2, 0.25) is 0 Å². The van der Waals surface area contributed by atoms with Gasteiger partial charge in [0.1, 0.15) is 5.01 Å². The van der Waals surface area contributed by atoms with Gasteiger partial charge < -0.3 is 5.11 Å². The number of nitrogens with zero attached hydrogens (tertiary/aromatic N) is 1. The predicted molar refractivity (Wildman–Crippen MR) is 133 cm³/mol. The summed E-state index contributed by atoms with van der Waals surface area (Å²) in [6.07, 6.45) is 5.47. The average Bonchev–Trinajstić information content (AvgIpc) is 3.37. The molecule has 0 aliphatic heterocycles. The van der Waals surface area contributed by atoms with Crippen LogP contribution in [0, 0.1) is 0 Å². The molecule has 0 saturated heterocycles. The van der Waals surface area contributed by atoms with E-state index >= 15 is 0 Å². The zero-order chi connectivity index (χ0) is 22.3. The Morgan fingerprint density at radius 2 is 1.56 bits per heavy atom. The van der Waals surface area contributed by atoms with Gasteiger partial charge in [0.2, 0.25) is 0 Å². The van der Waals surface area contributed by atoms with E-state index in [-0.39, 0.29) is 0 Å². The van der Waals surface area contributed by atoms with Crippen LogP contribution in [0.15, 0.2) is 96.5 Å². The van der Waals surface area contributed by atoms with E-state index in [1.807, 2.05) is 29.8 Å². The second kappa shape index (κ2) is 10.0. The quantitative estimate of drug-likeness (QED) is 0.244. The lowest BCUT2D eigenvalue weighted by molar-refractivity contribution is -0.131. The van der Waals surface area contributed by atoms with Gasteiger partial charge in [0, 0.05) is 23.2 Å². The molecule has 0 atom stereocenters. The molecule has 158 valence electrons. The number of carboxylic acids is 1. The summed E-state index contributed by atoms with van der Waals surface area (Å²) in [6, 6.07) is 27.0. The number of benzene rings is 3. The van der Waals surface area contributed by atoms with Crippen LogP contribution in [-0.2, 0) is 4.79 Å². The third kappa shape index (κ3) is 4.93. The predicted octanol–water partition coefficient (Wildman–Crippen LogP) is 7.28. The smallest absolute Gasteiger partial charge is 0.328 e. The van der Waals surface area contributed by atoms with E-state index in [2.05, 4.69) is 72.6 Å². The van der Waals surface area contributed by atoms with Gasteiger partial charge in [0.25, 0.3) is 0 Å². The fourth-order valence-corrected chi connectivity index (χ4v) is 4.40. The number of aromatic nitrogens is 1. The maximum absolute atomic E-state index is 10.8. The summed E-state index contributed by atoms with van der Waals surface area (Å²) in [5.41, 5.74) is 7.84. The van der Waals surface area contributed by atoms with E-state index in [1.54, 1.807) is 17.4 Å². The van der Waals surface area contributed by atoms with Crippen molar-refractivity contribution < 1.29 is 9.90 Å². The van der Waals surface area contributed by atoms with Crippen LogP contribution in [0.3, 0.4) is 0 Å². The number of rotatable bonds is 7. The van der Waals surface area contributed by atoms with Crippen LogP contribution in [0.25, 0.3) is 27.8 Å². The fraction of sp³-hybridized carbons (Fsp3) is 0.0714. The molecule has 0 radical (unpaired) electrons. The minimum absolute atomic E-state index is 0.854. The first-order valence-corrected chi connectivity index (χ1v) is 11.3. The number of thiazole rings is 1. The highest BCUT2D eigenvalue weighted by Crippen LogP contribution is 2.35. The summed E-state index contributed by atoms with van der Waals surface area (Å²) in [5, 5.41) is 11.9. The lowest BCUT2D eigenvalue weighted by atomic mass is 9.87. The molecule has 3 aromatic carbocycles. The molecule has 0 saturated carbocycles. The lowest BCUT2D eigenvalue weighted by Crippen LogP contribution is -1.95. The minimum Gasteiger partial charge on any atom is -0.478 e. The van der Waals surface area contributed by atoms with Crippen LogP contribution in [-0.4, -0.2) is 16.1 Å². The van der Waals surface area contributed by atoms with Gasteiger partial charge in [0.15, 0.2) is 0 Å². The highest BCUT2D eigenvalue weighted by Gasteiger charge is 2.13. The van der Waals surface area contributed by atoms with Crippen molar-refractivity contribution in [3.8, 4) is 10.6 Å². The number of carboxylic acid groups (broad SMARTS) is 1. The van der Waals surface area contributed by atoms with E-state index in [0.717, 1.165) is 39.8 Å². The van der Waals surface area contributed by atoms with Gasteiger partial charge in [-0.05, 0) is 45.9 Å². The largest absolute Gasteiger partial charge is 0.478 e. The minimum atomic E-state index is -0.952. The highest BCUT2D eigenvalue weighted by molar-refractivity contribution is 7.13. The SMILES string of the molecule is CC/C(=C(/c1ccc(/C=C/C(=O)O)cc1)c1ccc(-c2nccs2)cc1)c1ccccc1. The molecule has 3 nitrogen and oxygen atoms in total. The molecule has 0 aliphatic rings. The average molecular weight is 438 g/mol. The Balaban J connectivity index is 1.82. The fourth-order valence-electron chi connectivity index (χ4n) is 3.75. The van der Waals surface area contributed by atoms with E-state index in [9.17, 15) is 4.79 Å². The Morgan fingerprint density at radius 1 is 0.906 bits per heavy atom. The van der Waals surface area contributed by atoms with Crippen molar-refractivity contribution in [2.45, 2.75) is 13.3 Å². The summed E-state index contributed by atoms with van der Waals surface area (Å²) in [6.45, 7) is 2.18. The van der Waals surface area contributed by atoms with Gasteiger partial charge in [-0.3, -0.25) is 0 Å². The van der Waals surface area contributed by atoms with Crippen LogP contribution in [0.5, 0.6) is 0 Å². The van der Waals surface area contributed by atoms with Crippen molar-refractivity contribution >= 4 is 34.5 Å². The molecular formula is C28H23NO2S. The Bertz CT molecular complexity index is 1240. The molecule has 32 heavy (non-hydrogen) atoms. The molecule has 0 amide bonds. The number of allylic oxidation sites excluding steroid dienone is 1. The van der Waals surface area contributed by atoms with Crippen molar-refractivity contribution in [1.29, 1.82) is 0 Å². The molecule has 0 aliphatic carbocycles. The third-order valence-electron chi connectivity index (χ3n) is 5.25. The molecule has 1 aromatic heterocycles. The maximum Gasteiger partial charge on any atom is 0.328 e. The van der Waals surface area contributed by atoms with Crippen LogP contribution >= 0.6 is 11.3 Å². The third-order valence-corrected chi connectivity index (χ3v) is 6.07. The maximum atomic E-state index is 10.8. The van der Waals surface area contributed by atoms with Crippen molar-refractivity contribution in [2.75, 3.05) is 0 Å². The van der Waals surface area contributed by atoms with Gasteiger partial charge in [-0.15, -0.1) is 11.3 Å². The normalized spacial score (nSPS) is 12.0. The Morgan fingerprint density at radius 3 is 2.12 bits per heavy atom. The zero-order valence-corrected chi connectivity index (χ0v) is 18.5. The first kappa shape index (κ1) is 21.5. The van der Waals surface area contributed by atoms with Crippen LogP contribution < -0.4 is 0 Å². The van der Waals surface area contributed by atoms with E-state index in [0.29, 0.717) is 0 Å². The van der Waals surface area contributed by atoms with Gasteiger partial charge in [0.05, 0.1) is 0 Å². The molecule has 4 aromatic rings. The monoisotopic (exact) mass is 437 g/mol. The van der Waals surface area contributed by atoms with Crippen molar-refractivity contribution in [1.82, 2.24) is 4.98 Å². The summed E-state index contributed by atoms with van der Waals surface area (Å²) in [4.78, 5) is 15.2. The molecule has 1 heterocycles. The van der Waals surface area contributed by atoms with Gasteiger partial charge in [-0.2, -0.15) is 0 Å². The molecular weight excluding hydrogens is 414 g/mol. The topological polar surface area (TPSA) is 50.2 Å². The Labute approximate surface area is 192 Å². The van der Waals surface area contributed by atoms with Crippen LogP contribution in [0.1, 0.15) is 35.6 Å². The number of hydrogen-bond donors (Lipinski definition) is 1. The molecule has 0 spiro atoms. The van der Waals surface area contributed by atoms with Crippen molar-refractivity contribution in [2.24, 2.45) is 0 Å². The Kier molecular flexibility index (Phi) is 6.73. The van der Waals surface area contributed by atoms with Crippen molar-refractivity contribution in [3.05, 3.63) is 119 Å². The Hall–Kier alpha value is -3.76. The zero-order valence-electron chi connectivity index (χ0n) is 17.7. The number of aliphatic carboxylic acids is 1. The summed E-state index contributed by atoms with van der Waals surface area (Å²) >= 11 is 1.63.